The van der Waals surface area contributed by atoms with Crippen molar-refractivity contribution in [1.29, 1.82) is 0 Å². The number of carbonyl (C=O) groups is 3. The Kier molecular flexibility index (Phi) is 8.02. The van der Waals surface area contributed by atoms with Gasteiger partial charge in [0.05, 0.1) is 6.54 Å². The predicted molar refractivity (Wildman–Crippen MR) is 132 cm³/mol. The van der Waals surface area contributed by atoms with Gasteiger partial charge in [-0.15, -0.1) is 0 Å². The lowest BCUT2D eigenvalue weighted by atomic mass is 9.98. The second-order valence-corrected chi connectivity index (χ2v) is 9.16. The number of alkyl carbamates (subject to hydrolysis) is 1. The summed E-state index contributed by atoms with van der Waals surface area (Å²) in [6.07, 6.45) is 1.35. The van der Waals surface area contributed by atoms with Crippen molar-refractivity contribution < 1.29 is 24.2 Å². The van der Waals surface area contributed by atoms with E-state index >= 15 is 0 Å². The van der Waals surface area contributed by atoms with Crippen molar-refractivity contribution in [3.05, 3.63) is 59.7 Å². The van der Waals surface area contributed by atoms with Gasteiger partial charge in [0.1, 0.15) is 12.6 Å². The summed E-state index contributed by atoms with van der Waals surface area (Å²) in [6, 6.07) is 15.6. The number of carboxylic acids is 1. The fourth-order valence-corrected chi connectivity index (χ4v) is 5.09. The lowest BCUT2D eigenvalue weighted by Gasteiger charge is -2.27. The summed E-state index contributed by atoms with van der Waals surface area (Å²) in [6.45, 7) is 4.26. The molecule has 1 aliphatic carbocycles. The van der Waals surface area contributed by atoms with Crippen LogP contribution in [-0.2, 0) is 14.3 Å². The van der Waals surface area contributed by atoms with Crippen LogP contribution < -0.4 is 5.32 Å². The molecule has 8 heteroatoms. The average molecular weight is 480 g/mol. The maximum absolute atomic E-state index is 13.2. The molecule has 35 heavy (non-hydrogen) atoms. The van der Waals surface area contributed by atoms with E-state index < -0.39 is 18.1 Å². The quantitative estimate of drug-likeness (QED) is 0.603. The molecular weight excluding hydrogens is 446 g/mol. The zero-order chi connectivity index (χ0) is 24.8. The predicted octanol–water partition coefficient (Wildman–Crippen LogP) is 3.31. The Hall–Kier alpha value is -3.39. The minimum atomic E-state index is -0.870. The third kappa shape index (κ3) is 5.82. The maximum Gasteiger partial charge on any atom is 0.407 e. The molecule has 0 bridgehead atoms. The summed E-state index contributed by atoms with van der Waals surface area (Å²) >= 11 is 0. The Morgan fingerprint density at radius 1 is 1.00 bits per heavy atom. The molecule has 1 atom stereocenters. The van der Waals surface area contributed by atoms with Gasteiger partial charge in [0, 0.05) is 32.1 Å². The molecule has 186 valence electrons. The van der Waals surface area contributed by atoms with Crippen LogP contribution >= 0.6 is 0 Å². The number of benzene rings is 2. The van der Waals surface area contributed by atoms with E-state index in [2.05, 4.69) is 29.6 Å². The van der Waals surface area contributed by atoms with Gasteiger partial charge in [-0.2, -0.15) is 0 Å². The number of amides is 2. The third-order valence-corrected chi connectivity index (χ3v) is 6.77. The number of carbonyl (C=O) groups excluding carboxylic acids is 2. The molecule has 8 nitrogen and oxygen atoms in total. The van der Waals surface area contributed by atoms with Gasteiger partial charge in [-0.05, 0) is 35.1 Å². The van der Waals surface area contributed by atoms with Gasteiger partial charge in [-0.25, -0.2) is 4.79 Å². The second kappa shape index (κ2) is 11.4. The number of fused-ring (bicyclic) bond motifs is 3. The van der Waals surface area contributed by atoms with Crippen molar-refractivity contribution >= 4 is 18.0 Å². The minimum Gasteiger partial charge on any atom is -0.480 e. The summed E-state index contributed by atoms with van der Waals surface area (Å²) < 4.78 is 5.65. The number of nitrogens with zero attached hydrogens (tertiary/aromatic N) is 2. The first-order chi connectivity index (χ1) is 17.0. The Balaban J connectivity index is 1.36. The molecule has 1 saturated heterocycles. The number of aliphatic carboxylic acids is 1. The zero-order valence-electron chi connectivity index (χ0n) is 20.1. The highest BCUT2D eigenvalue weighted by Crippen LogP contribution is 2.44. The van der Waals surface area contributed by atoms with Crippen LogP contribution in [0.15, 0.2) is 48.5 Å². The van der Waals surface area contributed by atoms with Crippen molar-refractivity contribution in [2.24, 2.45) is 0 Å². The molecule has 0 saturated carbocycles. The molecule has 2 aliphatic rings. The highest BCUT2D eigenvalue weighted by atomic mass is 16.5. The number of ether oxygens (including phenoxy) is 1. The van der Waals surface area contributed by atoms with Crippen LogP contribution in [0.2, 0.25) is 0 Å². The summed E-state index contributed by atoms with van der Waals surface area (Å²) in [5.41, 5.74) is 4.60. The van der Waals surface area contributed by atoms with E-state index in [0.717, 1.165) is 28.7 Å². The normalized spacial score (nSPS) is 16.7. The lowest BCUT2D eigenvalue weighted by Crippen LogP contribution is -2.49. The van der Waals surface area contributed by atoms with Gasteiger partial charge >= 0.3 is 12.1 Å². The molecule has 0 spiro atoms. The van der Waals surface area contributed by atoms with Gasteiger partial charge in [0.2, 0.25) is 5.91 Å². The van der Waals surface area contributed by atoms with E-state index in [0.29, 0.717) is 39.0 Å². The SMILES string of the molecule is CCC[C@H](NC(=O)OCC1c2ccccc2-c2ccccc21)C(=O)N1CCCN(CC(=O)O)CC1. The van der Waals surface area contributed by atoms with E-state index in [1.165, 1.54) is 0 Å². The van der Waals surface area contributed by atoms with Gasteiger partial charge in [-0.3, -0.25) is 14.5 Å². The molecular formula is C27H33N3O5. The Morgan fingerprint density at radius 2 is 1.66 bits per heavy atom. The lowest BCUT2D eigenvalue weighted by molar-refractivity contribution is -0.138. The number of carboxylic acid groups (broad SMARTS) is 1. The zero-order valence-corrected chi connectivity index (χ0v) is 20.1. The maximum atomic E-state index is 13.2. The van der Waals surface area contributed by atoms with Crippen molar-refractivity contribution in [1.82, 2.24) is 15.1 Å². The van der Waals surface area contributed by atoms with Crippen LogP contribution in [0.5, 0.6) is 0 Å². The molecule has 2 aromatic carbocycles. The monoisotopic (exact) mass is 479 g/mol. The highest BCUT2D eigenvalue weighted by molar-refractivity contribution is 5.86. The molecule has 1 fully saturated rings. The summed E-state index contributed by atoms with van der Waals surface area (Å²) in [5.74, 6) is -1.05. The van der Waals surface area contributed by atoms with Crippen LogP contribution in [-0.4, -0.2) is 78.2 Å². The fraction of sp³-hybridized carbons (Fsp3) is 0.444. The van der Waals surface area contributed by atoms with E-state index in [1.54, 1.807) is 4.90 Å². The molecule has 1 aliphatic heterocycles. The largest absolute Gasteiger partial charge is 0.480 e. The second-order valence-electron chi connectivity index (χ2n) is 9.16. The fourth-order valence-electron chi connectivity index (χ4n) is 5.09. The molecule has 0 radical (unpaired) electrons. The van der Waals surface area contributed by atoms with E-state index in [1.807, 2.05) is 36.1 Å². The van der Waals surface area contributed by atoms with Crippen LogP contribution in [0.25, 0.3) is 11.1 Å². The van der Waals surface area contributed by atoms with Crippen LogP contribution in [0.4, 0.5) is 4.79 Å². The summed E-state index contributed by atoms with van der Waals surface area (Å²) in [4.78, 5) is 40.6. The van der Waals surface area contributed by atoms with Crippen molar-refractivity contribution in [3.8, 4) is 11.1 Å². The number of rotatable bonds is 8. The van der Waals surface area contributed by atoms with Gasteiger partial charge in [0.25, 0.3) is 0 Å². The standard InChI is InChI=1S/C27H33N3O5/c1-2-8-24(26(33)30-14-7-13-29(15-16-30)17-25(31)32)28-27(34)35-18-23-21-11-5-3-9-19(21)20-10-4-6-12-22(20)23/h3-6,9-12,23-24H,2,7-8,13-18H2,1H3,(H,28,34)(H,31,32)/t24-/m0/s1. The van der Waals surface area contributed by atoms with E-state index in [9.17, 15) is 14.4 Å². The molecule has 2 amide bonds. The number of hydrogen-bond donors (Lipinski definition) is 2. The van der Waals surface area contributed by atoms with Crippen LogP contribution in [0.3, 0.4) is 0 Å². The van der Waals surface area contributed by atoms with Crippen LogP contribution in [0, 0.1) is 0 Å². The summed E-state index contributed by atoms with van der Waals surface area (Å²) in [5, 5.41) is 11.8. The Labute approximate surface area is 205 Å². The Morgan fingerprint density at radius 3 is 2.29 bits per heavy atom. The molecule has 4 rings (SSSR count). The van der Waals surface area contributed by atoms with E-state index in [-0.39, 0.29) is 25.0 Å². The molecule has 2 aromatic rings. The molecule has 0 unspecified atom stereocenters. The number of nitrogens with one attached hydrogen (secondary N) is 1. The molecule has 1 heterocycles. The number of hydrogen-bond acceptors (Lipinski definition) is 5. The van der Waals surface area contributed by atoms with Crippen LogP contribution in [0.1, 0.15) is 43.2 Å². The van der Waals surface area contributed by atoms with Gasteiger partial charge in [0.15, 0.2) is 0 Å². The molecule has 2 N–H and O–H groups in total. The van der Waals surface area contributed by atoms with Crippen molar-refractivity contribution in [3.63, 3.8) is 0 Å². The summed E-state index contributed by atoms with van der Waals surface area (Å²) in [7, 11) is 0. The van der Waals surface area contributed by atoms with Crippen molar-refractivity contribution in [2.75, 3.05) is 39.3 Å². The third-order valence-electron chi connectivity index (χ3n) is 6.77. The molecule has 0 aromatic heterocycles. The smallest absolute Gasteiger partial charge is 0.407 e. The first-order valence-electron chi connectivity index (χ1n) is 12.3. The van der Waals surface area contributed by atoms with E-state index in [4.69, 9.17) is 9.84 Å². The first kappa shape index (κ1) is 24.7. The average Bonchev–Trinajstić information content (AvgIpc) is 2.98. The van der Waals surface area contributed by atoms with Crippen molar-refractivity contribution in [2.45, 2.75) is 38.1 Å². The van der Waals surface area contributed by atoms with Gasteiger partial charge in [-0.1, -0.05) is 61.9 Å². The van der Waals surface area contributed by atoms with Gasteiger partial charge < -0.3 is 20.1 Å². The first-order valence-corrected chi connectivity index (χ1v) is 12.3. The topological polar surface area (TPSA) is 99.2 Å². The highest BCUT2D eigenvalue weighted by Gasteiger charge is 2.31. The Bertz CT molecular complexity index is 1030. The minimum absolute atomic E-state index is 0.0293.